The number of carboxylic acids is 1. The second-order valence-electron chi connectivity index (χ2n) is 5.83. The van der Waals surface area contributed by atoms with E-state index in [1.165, 1.54) is 6.07 Å². The minimum absolute atomic E-state index is 0.307. The van der Waals surface area contributed by atoms with Gasteiger partial charge in [0.1, 0.15) is 0 Å². The molecular formula is C18H15F2N3O3. The summed E-state index contributed by atoms with van der Waals surface area (Å²) < 4.78 is 28.4. The molecule has 0 radical (unpaired) electrons. The van der Waals surface area contributed by atoms with Crippen molar-refractivity contribution < 1.29 is 18.7 Å². The lowest BCUT2D eigenvalue weighted by Crippen LogP contribution is -2.20. The van der Waals surface area contributed by atoms with Crippen LogP contribution in [0.5, 0.6) is 0 Å². The van der Waals surface area contributed by atoms with Crippen LogP contribution in [0.25, 0.3) is 11.1 Å². The molecule has 1 atom stereocenters. The predicted molar refractivity (Wildman–Crippen MR) is 89.9 cm³/mol. The smallest absolute Gasteiger partial charge is 0.305 e. The van der Waals surface area contributed by atoms with Gasteiger partial charge >= 0.3 is 5.97 Å². The van der Waals surface area contributed by atoms with Crippen LogP contribution in [0.2, 0.25) is 0 Å². The summed E-state index contributed by atoms with van der Waals surface area (Å²) in [5.41, 5.74) is 4.33. The number of rotatable bonds is 6. The molecule has 0 aromatic heterocycles. The third-order valence-electron chi connectivity index (χ3n) is 3.97. The van der Waals surface area contributed by atoms with Crippen molar-refractivity contribution in [3.63, 3.8) is 0 Å². The molecule has 2 aromatic rings. The number of hydrogen-bond acceptors (Lipinski definition) is 4. The van der Waals surface area contributed by atoms with Gasteiger partial charge in [-0.2, -0.15) is 5.26 Å². The summed E-state index contributed by atoms with van der Waals surface area (Å²) in [5, 5.41) is 20.4. The molecule has 2 rings (SSSR count). The summed E-state index contributed by atoms with van der Waals surface area (Å²) in [7, 11) is 0. The quantitative estimate of drug-likeness (QED) is 0.601. The Morgan fingerprint density at radius 2 is 1.88 bits per heavy atom. The van der Waals surface area contributed by atoms with E-state index >= 15 is 0 Å². The number of carbonyl (C=O) groups is 1. The molecule has 0 fully saturated rings. The summed E-state index contributed by atoms with van der Waals surface area (Å²) in [6, 6.07) is 6.20. The highest BCUT2D eigenvalue weighted by atomic mass is 19.2. The second-order valence-corrected chi connectivity index (χ2v) is 5.83. The predicted octanol–water partition coefficient (Wildman–Crippen LogP) is 3.91. The van der Waals surface area contributed by atoms with Crippen molar-refractivity contribution >= 4 is 5.97 Å². The maximum absolute atomic E-state index is 14.2. The molecule has 0 bridgehead atoms. The van der Waals surface area contributed by atoms with E-state index in [4.69, 9.17) is 10.4 Å². The number of aliphatic carboxylic acids is 1. The fourth-order valence-corrected chi connectivity index (χ4v) is 2.96. The molecule has 0 amide bonds. The van der Waals surface area contributed by atoms with Crippen LogP contribution < -0.4 is 5.43 Å². The average molecular weight is 359 g/mol. The first-order valence-corrected chi connectivity index (χ1v) is 7.58. The first-order valence-electron chi connectivity index (χ1n) is 7.58. The van der Waals surface area contributed by atoms with Crippen LogP contribution in [0.15, 0.2) is 29.6 Å². The van der Waals surface area contributed by atoms with Crippen LogP contribution in [0.1, 0.15) is 34.7 Å². The van der Waals surface area contributed by atoms with Crippen LogP contribution in [0.3, 0.4) is 0 Å². The summed E-state index contributed by atoms with van der Waals surface area (Å²) in [5.74, 6) is -3.73. The van der Waals surface area contributed by atoms with Crippen molar-refractivity contribution in [1.82, 2.24) is 5.43 Å². The maximum atomic E-state index is 14.2. The van der Waals surface area contributed by atoms with Crippen molar-refractivity contribution in [1.29, 1.82) is 5.26 Å². The Balaban J connectivity index is 2.67. The molecule has 0 spiro atoms. The monoisotopic (exact) mass is 359 g/mol. The number of nitriles is 1. The fourth-order valence-electron chi connectivity index (χ4n) is 2.96. The highest BCUT2D eigenvalue weighted by Gasteiger charge is 2.23. The molecule has 6 nitrogen and oxygen atoms in total. The van der Waals surface area contributed by atoms with E-state index in [1.54, 1.807) is 26.0 Å². The minimum Gasteiger partial charge on any atom is -0.481 e. The molecule has 0 heterocycles. The molecule has 0 aliphatic rings. The van der Waals surface area contributed by atoms with Gasteiger partial charge in [-0.15, -0.1) is 4.91 Å². The number of benzene rings is 2. The Kier molecular flexibility index (Phi) is 5.62. The van der Waals surface area contributed by atoms with Crippen LogP contribution in [-0.4, -0.2) is 11.1 Å². The first-order chi connectivity index (χ1) is 12.3. The SMILES string of the molecule is Cc1cc(C#N)cc(C)c1-c1cc(F)c(F)c([C@H](CC(=O)O)NN=O)c1. The molecule has 2 N–H and O–H groups in total. The summed E-state index contributed by atoms with van der Waals surface area (Å²) in [4.78, 5) is 21.5. The Bertz CT molecular complexity index is 900. The lowest BCUT2D eigenvalue weighted by molar-refractivity contribution is -0.137. The van der Waals surface area contributed by atoms with Crippen molar-refractivity contribution in [2.75, 3.05) is 0 Å². The molecule has 0 saturated carbocycles. The van der Waals surface area contributed by atoms with Gasteiger partial charge in [0, 0.05) is 5.56 Å². The summed E-state index contributed by atoms with van der Waals surface area (Å²) in [6.45, 7) is 3.45. The normalized spacial score (nSPS) is 11.5. The standard InChI is InChI=1S/C18H15F2N3O3/c1-9-3-11(8-21)4-10(2)17(9)12-5-13(18(20)14(19)6-12)15(22-23-26)7-16(24)25/h3-6,15H,7H2,1-2H3,(H,22,26)(H,24,25)/t15-/m0/s1. The maximum Gasteiger partial charge on any atom is 0.305 e. The van der Waals surface area contributed by atoms with E-state index in [-0.39, 0.29) is 5.56 Å². The first kappa shape index (κ1) is 19.0. The number of nitrogens with zero attached hydrogens (tertiary/aromatic N) is 2. The van der Waals surface area contributed by atoms with Crippen LogP contribution in [0, 0.1) is 41.7 Å². The van der Waals surface area contributed by atoms with Crippen LogP contribution in [0.4, 0.5) is 8.78 Å². The number of nitroso groups, excluding NO2 is 1. The van der Waals surface area contributed by atoms with E-state index in [1.807, 2.05) is 11.5 Å². The summed E-state index contributed by atoms with van der Waals surface area (Å²) in [6.07, 6.45) is -0.656. The van der Waals surface area contributed by atoms with E-state index in [0.29, 0.717) is 27.8 Å². The largest absolute Gasteiger partial charge is 0.481 e. The zero-order valence-electron chi connectivity index (χ0n) is 14.0. The van der Waals surface area contributed by atoms with Gasteiger partial charge in [0.25, 0.3) is 0 Å². The van der Waals surface area contributed by atoms with E-state index in [0.717, 1.165) is 6.07 Å². The van der Waals surface area contributed by atoms with Gasteiger partial charge in [-0.3, -0.25) is 10.2 Å². The summed E-state index contributed by atoms with van der Waals surface area (Å²) >= 11 is 0. The van der Waals surface area contributed by atoms with Crippen molar-refractivity contribution in [2.45, 2.75) is 26.3 Å². The third kappa shape index (κ3) is 3.83. The van der Waals surface area contributed by atoms with Gasteiger partial charge in [0.15, 0.2) is 11.6 Å². The molecule has 8 heteroatoms. The number of aryl methyl sites for hydroxylation is 2. The van der Waals surface area contributed by atoms with Crippen molar-refractivity contribution in [2.24, 2.45) is 5.29 Å². The van der Waals surface area contributed by atoms with Gasteiger partial charge in [-0.25, -0.2) is 8.78 Å². The highest BCUT2D eigenvalue weighted by Crippen LogP contribution is 2.33. The highest BCUT2D eigenvalue weighted by molar-refractivity contribution is 5.73. The van der Waals surface area contributed by atoms with Gasteiger partial charge in [-0.05, 0) is 60.4 Å². The van der Waals surface area contributed by atoms with Crippen molar-refractivity contribution in [3.8, 4) is 17.2 Å². The molecule has 134 valence electrons. The van der Waals surface area contributed by atoms with Crippen LogP contribution >= 0.6 is 0 Å². The number of nitrogens with one attached hydrogen (secondary N) is 1. The molecule has 0 aliphatic carbocycles. The molecule has 0 unspecified atom stereocenters. The van der Waals surface area contributed by atoms with Gasteiger partial charge in [0.05, 0.1) is 29.4 Å². The van der Waals surface area contributed by atoms with Gasteiger partial charge < -0.3 is 5.11 Å². The van der Waals surface area contributed by atoms with E-state index in [2.05, 4.69) is 5.29 Å². The minimum atomic E-state index is -1.32. The van der Waals surface area contributed by atoms with Crippen LogP contribution in [-0.2, 0) is 4.79 Å². The number of halogens is 2. The van der Waals surface area contributed by atoms with E-state index in [9.17, 15) is 18.5 Å². The molecule has 0 saturated heterocycles. The molecule has 26 heavy (non-hydrogen) atoms. The Morgan fingerprint density at radius 3 is 2.38 bits per heavy atom. The third-order valence-corrected chi connectivity index (χ3v) is 3.97. The number of hydrogen-bond donors (Lipinski definition) is 2. The second kappa shape index (κ2) is 7.70. The van der Waals surface area contributed by atoms with Gasteiger partial charge in [-0.1, -0.05) is 0 Å². The van der Waals surface area contributed by atoms with Crippen molar-refractivity contribution in [3.05, 3.63) is 63.1 Å². The number of carboxylic acid groups (broad SMARTS) is 1. The average Bonchev–Trinajstić information content (AvgIpc) is 2.56. The fraction of sp³-hybridized carbons (Fsp3) is 0.222. The lowest BCUT2D eigenvalue weighted by atomic mass is 9.91. The molecule has 2 aromatic carbocycles. The van der Waals surface area contributed by atoms with Gasteiger partial charge in [0.2, 0.25) is 0 Å². The Morgan fingerprint density at radius 1 is 1.27 bits per heavy atom. The zero-order chi connectivity index (χ0) is 19.4. The zero-order valence-corrected chi connectivity index (χ0v) is 14.0. The molecular weight excluding hydrogens is 344 g/mol. The molecule has 0 aliphatic heterocycles. The van der Waals surface area contributed by atoms with E-state index < -0.39 is 30.1 Å². The Labute approximate surface area is 148 Å². The lowest BCUT2D eigenvalue weighted by Gasteiger charge is -2.18. The topological polar surface area (TPSA) is 103 Å². The Hall–Kier alpha value is -3.34.